The van der Waals surface area contributed by atoms with Gasteiger partial charge in [-0.2, -0.15) is 4.57 Å². The normalized spacial score (nSPS) is 13.6. The lowest BCUT2D eigenvalue weighted by molar-refractivity contribution is -0.578. The average molecular weight is 464 g/mol. The van der Waals surface area contributed by atoms with Crippen molar-refractivity contribution in [1.29, 1.82) is 0 Å². The second kappa shape index (κ2) is 8.06. The van der Waals surface area contributed by atoms with Crippen LogP contribution in [-0.2, 0) is 10.0 Å². The van der Waals surface area contributed by atoms with Crippen molar-refractivity contribution < 1.29 is 27.5 Å². The molecule has 0 radical (unpaired) electrons. The molecule has 0 spiro atoms. The van der Waals surface area contributed by atoms with Crippen molar-refractivity contribution in [2.75, 3.05) is 0 Å². The average Bonchev–Trinajstić information content (AvgIpc) is 2.76. The molecule has 4 rings (SSSR count). The summed E-state index contributed by atoms with van der Waals surface area (Å²) in [6, 6.07) is 12.3. The van der Waals surface area contributed by atoms with E-state index in [2.05, 4.69) is 4.72 Å². The molecule has 33 heavy (non-hydrogen) atoms. The van der Waals surface area contributed by atoms with Crippen LogP contribution in [0.1, 0.15) is 31.8 Å². The molecule has 2 aromatic carbocycles. The standard InChI is InChI=1S/C23H17N3O6S/c1-14-11-15(2)13-25(12-14)21-20(22(27)18-5-3-4-6-19(18)23(21)28)24-33(31,32)17-9-7-16(8-10-17)26(29)30/h3-13H,1-2H3/p+1. The fourth-order valence-corrected chi connectivity index (χ4v) is 4.75. The van der Waals surface area contributed by atoms with Gasteiger partial charge in [-0.25, -0.2) is 8.42 Å². The molecule has 0 aliphatic heterocycles. The first kappa shape index (κ1) is 22.0. The molecule has 1 heterocycles. The van der Waals surface area contributed by atoms with Crippen LogP contribution in [0, 0.1) is 24.0 Å². The minimum atomic E-state index is -4.34. The third-order valence-corrected chi connectivity index (χ3v) is 6.45. The third-order valence-electron chi connectivity index (χ3n) is 5.09. The van der Waals surface area contributed by atoms with Gasteiger partial charge in [0.25, 0.3) is 27.2 Å². The second-order valence-electron chi connectivity index (χ2n) is 7.58. The number of nitro benzene ring substituents is 1. The van der Waals surface area contributed by atoms with Crippen LogP contribution in [0.15, 0.2) is 77.6 Å². The van der Waals surface area contributed by atoms with E-state index in [9.17, 15) is 28.1 Å². The van der Waals surface area contributed by atoms with Crippen LogP contribution in [-0.4, -0.2) is 24.9 Å². The largest absolute Gasteiger partial charge is 0.287 e. The van der Waals surface area contributed by atoms with Gasteiger partial charge in [0.05, 0.1) is 9.82 Å². The Hall–Kier alpha value is -4.18. The molecule has 0 saturated carbocycles. The summed E-state index contributed by atoms with van der Waals surface area (Å²) in [7, 11) is -4.34. The minimum absolute atomic E-state index is 0.0811. The SMILES string of the molecule is Cc1cc(C)c[n+](C2=C(NS(=O)(=O)c3ccc([N+](=O)[O-])cc3)C(=O)c3ccccc3C2=O)c1. The van der Waals surface area contributed by atoms with E-state index in [0.717, 1.165) is 35.4 Å². The number of carbonyl (C=O) groups is 2. The number of sulfonamides is 1. The number of carbonyl (C=O) groups excluding carboxylic acids is 2. The molecule has 3 aromatic rings. The maximum Gasteiger partial charge on any atom is 0.287 e. The number of ketones is 2. The zero-order chi connectivity index (χ0) is 23.9. The van der Waals surface area contributed by atoms with Gasteiger partial charge in [-0.1, -0.05) is 24.3 Å². The van der Waals surface area contributed by atoms with Crippen molar-refractivity contribution in [3.63, 3.8) is 0 Å². The first-order valence-corrected chi connectivity index (χ1v) is 11.3. The van der Waals surface area contributed by atoms with E-state index in [-0.39, 0.29) is 27.4 Å². The number of rotatable bonds is 5. The minimum Gasteiger partial charge on any atom is -0.287 e. The molecule has 10 heteroatoms. The molecular formula is C23H18N3O6S+. The third kappa shape index (κ3) is 4.03. The van der Waals surface area contributed by atoms with Gasteiger partial charge in [0.1, 0.15) is 0 Å². The van der Waals surface area contributed by atoms with Crippen molar-refractivity contribution in [2.24, 2.45) is 0 Å². The van der Waals surface area contributed by atoms with Crippen molar-refractivity contribution in [1.82, 2.24) is 4.72 Å². The molecule has 1 aromatic heterocycles. The number of benzene rings is 2. The molecule has 9 nitrogen and oxygen atoms in total. The Balaban J connectivity index is 1.90. The highest BCUT2D eigenvalue weighted by molar-refractivity contribution is 7.89. The van der Waals surface area contributed by atoms with E-state index >= 15 is 0 Å². The van der Waals surface area contributed by atoms with E-state index in [1.165, 1.54) is 16.7 Å². The van der Waals surface area contributed by atoms with Crippen LogP contribution in [0.25, 0.3) is 5.70 Å². The summed E-state index contributed by atoms with van der Waals surface area (Å²) < 4.78 is 29.8. The van der Waals surface area contributed by atoms with Crippen LogP contribution >= 0.6 is 0 Å². The van der Waals surface area contributed by atoms with Crippen molar-refractivity contribution in [3.8, 4) is 0 Å². The van der Waals surface area contributed by atoms with Gasteiger partial charge in [0.2, 0.25) is 5.78 Å². The molecule has 0 bridgehead atoms. The summed E-state index contributed by atoms with van der Waals surface area (Å²) in [4.78, 5) is 36.7. The van der Waals surface area contributed by atoms with Crippen LogP contribution in [0.5, 0.6) is 0 Å². The summed E-state index contributed by atoms with van der Waals surface area (Å²) in [5.74, 6) is -1.17. The Labute approximate surface area is 189 Å². The number of hydrogen-bond acceptors (Lipinski definition) is 6. The predicted octanol–water partition coefficient (Wildman–Crippen LogP) is 2.73. The Kier molecular flexibility index (Phi) is 5.38. The number of nitrogens with zero attached hydrogens (tertiary/aromatic N) is 2. The smallest absolute Gasteiger partial charge is 0.287 e. The van der Waals surface area contributed by atoms with E-state index in [0.29, 0.717) is 0 Å². The number of fused-ring (bicyclic) bond motifs is 1. The maximum atomic E-state index is 13.4. The summed E-state index contributed by atoms with van der Waals surface area (Å²) in [6.07, 6.45) is 3.25. The van der Waals surface area contributed by atoms with Gasteiger partial charge in [-0.05, 0) is 32.0 Å². The number of pyridine rings is 1. The number of nitrogens with one attached hydrogen (secondary N) is 1. The van der Waals surface area contributed by atoms with Crippen molar-refractivity contribution >= 4 is 33.0 Å². The van der Waals surface area contributed by atoms with Crippen LogP contribution in [0.3, 0.4) is 0 Å². The summed E-state index contributed by atoms with van der Waals surface area (Å²) in [5, 5.41) is 10.9. The topological polar surface area (TPSA) is 127 Å². The highest BCUT2D eigenvalue weighted by Crippen LogP contribution is 2.27. The maximum absolute atomic E-state index is 13.4. The van der Waals surface area contributed by atoms with E-state index in [4.69, 9.17) is 0 Å². The highest BCUT2D eigenvalue weighted by atomic mass is 32.2. The quantitative estimate of drug-likeness (QED) is 0.351. The van der Waals surface area contributed by atoms with Crippen LogP contribution in [0.2, 0.25) is 0 Å². The molecule has 1 aliphatic carbocycles. The molecule has 1 aliphatic rings. The van der Waals surface area contributed by atoms with E-state index < -0.39 is 32.2 Å². The summed E-state index contributed by atoms with van der Waals surface area (Å²) >= 11 is 0. The van der Waals surface area contributed by atoms with Gasteiger partial charge in [0, 0.05) is 34.4 Å². The van der Waals surface area contributed by atoms with Gasteiger partial charge < -0.3 is 0 Å². The Morgan fingerprint density at radius 3 is 1.97 bits per heavy atom. The zero-order valence-electron chi connectivity index (χ0n) is 17.6. The van der Waals surface area contributed by atoms with E-state index in [1.807, 2.05) is 19.9 Å². The lowest BCUT2D eigenvalue weighted by Gasteiger charge is -2.18. The Morgan fingerprint density at radius 2 is 1.42 bits per heavy atom. The lowest BCUT2D eigenvalue weighted by atomic mass is 9.90. The molecule has 0 unspecified atom stereocenters. The number of allylic oxidation sites excluding steroid dienone is 2. The zero-order valence-corrected chi connectivity index (χ0v) is 18.4. The summed E-state index contributed by atoms with van der Waals surface area (Å²) in [5.41, 5.74) is 1.05. The van der Waals surface area contributed by atoms with Gasteiger partial charge >= 0.3 is 0 Å². The van der Waals surface area contributed by atoms with Gasteiger partial charge in [0.15, 0.2) is 18.1 Å². The van der Waals surface area contributed by atoms with Crippen LogP contribution < -0.4 is 9.29 Å². The predicted molar refractivity (Wildman–Crippen MR) is 118 cm³/mol. The van der Waals surface area contributed by atoms with Crippen LogP contribution in [0.4, 0.5) is 5.69 Å². The van der Waals surface area contributed by atoms with Gasteiger partial charge in [-0.3, -0.25) is 24.4 Å². The molecule has 0 atom stereocenters. The fraction of sp³-hybridized carbons (Fsp3) is 0.0870. The second-order valence-corrected chi connectivity index (χ2v) is 9.26. The molecule has 166 valence electrons. The molecule has 0 amide bonds. The molecule has 1 N–H and O–H groups in total. The Bertz CT molecular complexity index is 1450. The first-order valence-electron chi connectivity index (χ1n) is 9.78. The number of hydrogen-bond donors (Lipinski definition) is 1. The number of non-ortho nitro benzene ring substituents is 1. The number of aryl methyl sites for hydroxylation is 2. The number of nitro groups is 1. The molecule has 0 fully saturated rings. The Morgan fingerprint density at radius 1 is 0.879 bits per heavy atom. The molecule has 0 saturated heterocycles. The number of Topliss-reactive ketones (excluding diaryl/α,β-unsaturated/α-hetero) is 2. The highest BCUT2D eigenvalue weighted by Gasteiger charge is 2.40. The molecular weight excluding hydrogens is 446 g/mol. The van der Waals surface area contributed by atoms with E-state index in [1.54, 1.807) is 24.5 Å². The van der Waals surface area contributed by atoms with Crippen molar-refractivity contribution in [2.45, 2.75) is 18.7 Å². The first-order chi connectivity index (χ1) is 15.6. The summed E-state index contributed by atoms with van der Waals surface area (Å²) in [6.45, 7) is 3.63. The lowest BCUT2D eigenvalue weighted by Crippen LogP contribution is -2.45. The number of aromatic nitrogens is 1. The van der Waals surface area contributed by atoms with Gasteiger partial charge in [-0.15, -0.1) is 0 Å². The monoisotopic (exact) mass is 464 g/mol. The fourth-order valence-electron chi connectivity index (χ4n) is 3.68. The van der Waals surface area contributed by atoms with Crippen molar-refractivity contribution in [3.05, 3.63) is 105 Å².